The molecule has 0 amide bonds. The molecule has 1 N–H and O–H groups in total. The van der Waals surface area contributed by atoms with Gasteiger partial charge < -0.3 is 9.72 Å². The number of nitrogens with one attached hydrogen (secondary N) is 1. The number of carbonyl (C=O) groups excluding carboxylic acids is 1. The predicted molar refractivity (Wildman–Crippen MR) is 100 cm³/mol. The van der Waals surface area contributed by atoms with Crippen molar-refractivity contribution >= 4 is 22.7 Å². The summed E-state index contributed by atoms with van der Waals surface area (Å²) in [7, 11) is 0. The minimum atomic E-state index is -0.373. The van der Waals surface area contributed by atoms with E-state index in [1.54, 1.807) is 6.92 Å². The Hall–Kier alpha value is -2.37. The van der Waals surface area contributed by atoms with Crippen LogP contribution in [0.3, 0.4) is 0 Å². The van der Waals surface area contributed by atoms with E-state index in [1.165, 1.54) is 0 Å². The molecule has 0 saturated carbocycles. The number of unbranched alkanes of at least 4 members (excludes halogenated alkanes) is 2. The highest BCUT2D eigenvalue weighted by molar-refractivity contribution is 6.08. The van der Waals surface area contributed by atoms with E-state index in [1.807, 2.05) is 29.3 Å². The maximum absolute atomic E-state index is 12.4. The van der Waals surface area contributed by atoms with Gasteiger partial charge in [0.1, 0.15) is 5.56 Å². The third-order valence-corrected chi connectivity index (χ3v) is 3.98. The van der Waals surface area contributed by atoms with E-state index in [-0.39, 0.29) is 5.97 Å². The quantitative estimate of drug-likeness (QED) is 0.364. The van der Waals surface area contributed by atoms with Crippen molar-refractivity contribution in [3.8, 4) is 0 Å². The molecule has 2 rings (SSSR count). The fourth-order valence-electron chi connectivity index (χ4n) is 2.60. The Kier molecular flexibility index (Phi) is 7.44. The maximum Gasteiger partial charge on any atom is 0.342 e. The lowest BCUT2D eigenvalue weighted by molar-refractivity contribution is 0.0529. The minimum absolute atomic E-state index is 0.327. The molecule has 0 aliphatic heterocycles. The van der Waals surface area contributed by atoms with Crippen LogP contribution in [0.15, 0.2) is 34.6 Å². The van der Waals surface area contributed by atoms with Gasteiger partial charge in [-0.25, -0.2) is 4.79 Å². The van der Waals surface area contributed by atoms with Gasteiger partial charge in [0, 0.05) is 24.0 Å². The van der Waals surface area contributed by atoms with Crippen LogP contribution in [0, 0.1) is 0 Å². The fourth-order valence-corrected chi connectivity index (χ4v) is 2.60. The fraction of sp³-hybridized carbons (Fsp3) is 0.526. The second-order valence-corrected chi connectivity index (χ2v) is 5.96. The summed E-state index contributed by atoms with van der Waals surface area (Å²) in [6.45, 7) is 8.18. The zero-order valence-corrected chi connectivity index (χ0v) is 15.4. The summed E-state index contributed by atoms with van der Waals surface area (Å²) in [5.74, 6) is 0.0835. The average molecular weight is 344 g/mol. The Morgan fingerprint density at radius 3 is 2.44 bits per heavy atom. The van der Waals surface area contributed by atoms with Crippen LogP contribution in [0.5, 0.6) is 0 Å². The van der Waals surface area contributed by atoms with Crippen molar-refractivity contribution in [3.05, 3.63) is 29.8 Å². The summed E-state index contributed by atoms with van der Waals surface area (Å²) in [5, 5.41) is 11.5. The van der Waals surface area contributed by atoms with Crippen LogP contribution in [-0.2, 0) is 4.74 Å². The average Bonchev–Trinajstić information content (AvgIpc) is 2.99. The van der Waals surface area contributed by atoms with Gasteiger partial charge in [0.25, 0.3) is 0 Å². The normalized spacial score (nSPS) is 11.3. The highest BCUT2D eigenvalue weighted by Crippen LogP contribution is 2.29. The van der Waals surface area contributed by atoms with E-state index in [2.05, 4.69) is 29.2 Å². The van der Waals surface area contributed by atoms with Crippen molar-refractivity contribution in [1.29, 1.82) is 0 Å². The lowest BCUT2D eigenvalue weighted by Crippen LogP contribution is -2.19. The molecule has 1 aromatic carbocycles. The van der Waals surface area contributed by atoms with Crippen LogP contribution in [0.25, 0.3) is 10.9 Å². The predicted octanol–water partition coefficient (Wildman–Crippen LogP) is 5.25. The number of carbonyl (C=O) groups is 1. The van der Waals surface area contributed by atoms with Crippen LogP contribution >= 0.6 is 0 Å². The van der Waals surface area contributed by atoms with Gasteiger partial charge in [0.05, 0.1) is 6.61 Å². The molecule has 0 spiro atoms. The van der Waals surface area contributed by atoms with Crippen LogP contribution in [-0.4, -0.2) is 35.7 Å². The van der Waals surface area contributed by atoms with Gasteiger partial charge in [-0.2, -0.15) is 0 Å². The number of esters is 1. The monoisotopic (exact) mass is 344 g/mol. The smallest absolute Gasteiger partial charge is 0.342 e. The molecular formula is C19H28N4O2. The van der Waals surface area contributed by atoms with E-state index < -0.39 is 0 Å². The van der Waals surface area contributed by atoms with Crippen LogP contribution in [0.4, 0.5) is 5.82 Å². The molecule has 0 aliphatic rings. The van der Waals surface area contributed by atoms with Crippen LogP contribution in [0.1, 0.15) is 56.8 Å². The lowest BCUT2D eigenvalue weighted by Gasteiger charge is -2.16. The molecule has 0 fully saturated rings. The molecule has 0 radical (unpaired) electrons. The molecular weight excluding hydrogens is 316 g/mol. The van der Waals surface area contributed by atoms with Gasteiger partial charge in [-0.3, -0.25) is 5.01 Å². The van der Waals surface area contributed by atoms with Gasteiger partial charge in [-0.05, 0) is 25.8 Å². The molecule has 0 atom stereocenters. The molecule has 0 unspecified atom stereocenters. The molecule has 0 saturated heterocycles. The Morgan fingerprint density at radius 1 is 1.12 bits per heavy atom. The standard InChI is InChI=1S/C19H28N4O2/c1-4-7-13-23(14-8-5-2)22-21-18-17(19(24)25-6-3)15-11-9-10-12-16(15)20-18/h9-12,20H,4-8,13-14H2,1-3H3. The van der Waals surface area contributed by atoms with Crippen molar-refractivity contribution in [2.45, 2.75) is 46.5 Å². The van der Waals surface area contributed by atoms with Crippen molar-refractivity contribution in [2.75, 3.05) is 19.7 Å². The Bertz CT molecular complexity index is 701. The molecule has 2 aromatic rings. The first-order valence-corrected chi connectivity index (χ1v) is 9.15. The first-order valence-electron chi connectivity index (χ1n) is 9.15. The van der Waals surface area contributed by atoms with Crippen molar-refractivity contribution < 1.29 is 9.53 Å². The van der Waals surface area contributed by atoms with Crippen molar-refractivity contribution in [1.82, 2.24) is 9.99 Å². The summed E-state index contributed by atoms with van der Waals surface area (Å²) < 4.78 is 5.20. The number of hydrogen-bond donors (Lipinski definition) is 1. The first kappa shape index (κ1) is 19.0. The number of aromatic nitrogens is 1. The number of rotatable bonds is 10. The Balaban J connectivity index is 2.31. The van der Waals surface area contributed by atoms with E-state index in [9.17, 15) is 4.79 Å². The highest BCUT2D eigenvalue weighted by Gasteiger charge is 2.19. The topological polar surface area (TPSA) is 70.0 Å². The number of nitrogens with zero attached hydrogens (tertiary/aromatic N) is 3. The van der Waals surface area contributed by atoms with Gasteiger partial charge >= 0.3 is 5.97 Å². The van der Waals surface area contributed by atoms with E-state index in [0.29, 0.717) is 18.0 Å². The number of aromatic amines is 1. The minimum Gasteiger partial charge on any atom is -0.462 e. The number of H-pyrrole nitrogens is 1. The molecule has 25 heavy (non-hydrogen) atoms. The molecule has 0 bridgehead atoms. The lowest BCUT2D eigenvalue weighted by atomic mass is 10.1. The van der Waals surface area contributed by atoms with Crippen molar-refractivity contribution in [2.24, 2.45) is 10.3 Å². The highest BCUT2D eigenvalue weighted by atomic mass is 16.5. The number of para-hydroxylation sites is 1. The number of hydrogen-bond acceptors (Lipinski definition) is 4. The summed E-state index contributed by atoms with van der Waals surface area (Å²) in [6.07, 6.45) is 4.36. The van der Waals surface area contributed by atoms with Crippen molar-refractivity contribution in [3.63, 3.8) is 0 Å². The molecule has 1 aromatic heterocycles. The largest absolute Gasteiger partial charge is 0.462 e. The molecule has 6 nitrogen and oxygen atoms in total. The second kappa shape index (κ2) is 9.81. The second-order valence-electron chi connectivity index (χ2n) is 5.96. The number of fused-ring (bicyclic) bond motifs is 1. The summed E-state index contributed by atoms with van der Waals surface area (Å²) >= 11 is 0. The van der Waals surface area contributed by atoms with Crippen LogP contribution < -0.4 is 0 Å². The van der Waals surface area contributed by atoms with Gasteiger partial charge in [-0.1, -0.05) is 50.1 Å². The number of ether oxygens (including phenoxy) is 1. The van der Waals surface area contributed by atoms with Gasteiger partial charge in [0.15, 0.2) is 5.82 Å². The molecule has 136 valence electrons. The van der Waals surface area contributed by atoms with Crippen LogP contribution in [0.2, 0.25) is 0 Å². The van der Waals surface area contributed by atoms with Gasteiger partial charge in [-0.15, -0.1) is 5.11 Å². The zero-order valence-electron chi connectivity index (χ0n) is 15.4. The van der Waals surface area contributed by atoms with E-state index >= 15 is 0 Å². The Labute approximate surface area is 149 Å². The summed E-state index contributed by atoms with van der Waals surface area (Å²) in [6, 6.07) is 7.63. The third kappa shape index (κ3) is 5.05. The van der Waals surface area contributed by atoms with E-state index in [0.717, 1.165) is 49.7 Å². The SMILES string of the molecule is CCCCN(CCCC)N=Nc1[nH]c2ccccc2c1C(=O)OCC. The van der Waals surface area contributed by atoms with Gasteiger partial charge in [0.2, 0.25) is 0 Å². The maximum atomic E-state index is 12.4. The number of benzene rings is 1. The molecule has 6 heteroatoms. The summed E-state index contributed by atoms with van der Waals surface area (Å²) in [4.78, 5) is 15.6. The zero-order chi connectivity index (χ0) is 18.1. The third-order valence-electron chi connectivity index (χ3n) is 3.98. The summed E-state index contributed by atoms with van der Waals surface area (Å²) in [5.41, 5.74) is 1.31. The molecule has 1 heterocycles. The first-order chi connectivity index (χ1) is 12.2. The molecule has 0 aliphatic carbocycles. The van der Waals surface area contributed by atoms with E-state index in [4.69, 9.17) is 4.74 Å². The Morgan fingerprint density at radius 2 is 1.80 bits per heavy atom.